The predicted molar refractivity (Wildman–Crippen MR) is 43.0 cm³/mol. The Morgan fingerprint density at radius 2 is 2.00 bits per heavy atom. The van der Waals surface area contributed by atoms with E-state index in [0.717, 1.165) is 5.57 Å². The molecular weight excluding hydrogens is 167 g/mol. The van der Waals surface area contributed by atoms with Gasteiger partial charge >= 0.3 is 6.18 Å². The summed E-state index contributed by atoms with van der Waals surface area (Å²) in [6.45, 7) is 5.32. The molecule has 12 heavy (non-hydrogen) atoms. The van der Waals surface area contributed by atoms with Crippen molar-refractivity contribution in [2.75, 3.05) is 7.05 Å². The summed E-state index contributed by atoms with van der Waals surface area (Å²) in [5, 5.41) is 2.77. The first kappa shape index (κ1) is 11.5. The summed E-state index contributed by atoms with van der Waals surface area (Å²) in [6, 6.07) is -0.230. The molecule has 1 N–H and O–H groups in total. The van der Waals surface area contributed by atoms with Gasteiger partial charge in [-0.05, 0) is 20.4 Å². The molecule has 0 aromatic carbocycles. The first-order chi connectivity index (χ1) is 5.37. The molecule has 0 aliphatic heterocycles. The number of hydrogen-bond acceptors (Lipinski definition) is 1. The molecule has 0 radical (unpaired) electrons. The standard InChI is InChI=1S/C8H14F3N/c1-6(2)7(12-3)4-5-8(9,10)11/h7,12H,1,4-5H2,2-3H3. The molecule has 0 fully saturated rings. The van der Waals surface area contributed by atoms with Gasteiger partial charge in [-0.2, -0.15) is 13.2 Å². The first-order valence-electron chi connectivity index (χ1n) is 3.76. The van der Waals surface area contributed by atoms with Crippen LogP contribution in [0.4, 0.5) is 13.2 Å². The molecule has 72 valence electrons. The Hall–Kier alpha value is -0.510. The largest absolute Gasteiger partial charge is 0.389 e. The number of alkyl halides is 3. The zero-order valence-corrected chi connectivity index (χ0v) is 7.33. The highest BCUT2D eigenvalue weighted by atomic mass is 19.4. The van der Waals surface area contributed by atoms with E-state index < -0.39 is 12.6 Å². The van der Waals surface area contributed by atoms with Gasteiger partial charge in [-0.15, -0.1) is 0 Å². The lowest BCUT2D eigenvalue weighted by Gasteiger charge is -2.16. The highest BCUT2D eigenvalue weighted by molar-refractivity contribution is 5.00. The van der Waals surface area contributed by atoms with E-state index in [4.69, 9.17) is 0 Å². The fraction of sp³-hybridized carbons (Fsp3) is 0.750. The lowest BCUT2D eigenvalue weighted by molar-refractivity contribution is -0.136. The molecule has 0 aliphatic carbocycles. The third-order valence-electron chi connectivity index (χ3n) is 1.66. The van der Waals surface area contributed by atoms with Crippen LogP contribution in [0.2, 0.25) is 0 Å². The summed E-state index contributed by atoms with van der Waals surface area (Å²) in [7, 11) is 1.63. The summed E-state index contributed by atoms with van der Waals surface area (Å²) >= 11 is 0. The molecule has 0 rings (SSSR count). The van der Waals surface area contributed by atoms with Crippen molar-refractivity contribution in [1.29, 1.82) is 0 Å². The summed E-state index contributed by atoms with van der Waals surface area (Å²) in [4.78, 5) is 0. The van der Waals surface area contributed by atoms with Gasteiger partial charge in [0.2, 0.25) is 0 Å². The Balaban J connectivity index is 3.81. The van der Waals surface area contributed by atoms with Crippen LogP contribution in [-0.2, 0) is 0 Å². The second-order valence-corrected chi connectivity index (χ2v) is 2.84. The van der Waals surface area contributed by atoms with Crippen molar-refractivity contribution >= 4 is 0 Å². The minimum Gasteiger partial charge on any atom is -0.313 e. The van der Waals surface area contributed by atoms with Crippen molar-refractivity contribution in [3.63, 3.8) is 0 Å². The van der Waals surface area contributed by atoms with Gasteiger partial charge < -0.3 is 5.32 Å². The topological polar surface area (TPSA) is 12.0 Å². The van der Waals surface area contributed by atoms with Crippen molar-refractivity contribution < 1.29 is 13.2 Å². The molecular formula is C8H14F3N. The van der Waals surface area contributed by atoms with Gasteiger partial charge in [0.05, 0.1) is 0 Å². The monoisotopic (exact) mass is 181 g/mol. The predicted octanol–water partition coefficient (Wildman–Crippen LogP) is 2.49. The highest BCUT2D eigenvalue weighted by Crippen LogP contribution is 2.23. The molecule has 0 saturated carbocycles. The second kappa shape index (κ2) is 4.50. The van der Waals surface area contributed by atoms with E-state index in [1.807, 2.05) is 0 Å². The number of halogens is 3. The Kier molecular flexibility index (Phi) is 4.31. The van der Waals surface area contributed by atoms with Gasteiger partial charge in [0, 0.05) is 12.5 Å². The van der Waals surface area contributed by atoms with E-state index in [-0.39, 0.29) is 12.5 Å². The molecule has 0 aromatic rings. The maximum atomic E-state index is 11.8. The van der Waals surface area contributed by atoms with E-state index in [9.17, 15) is 13.2 Å². The Morgan fingerprint density at radius 3 is 2.25 bits per heavy atom. The minimum atomic E-state index is -4.06. The summed E-state index contributed by atoms with van der Waals surface area (Å²) in [5.74, 6) is 0. The van der Waals surface area contributed by atoms with Gasteiger partial charge in [-0.3, -0.25) is 0 Å². The van der Waals surface area contributed by atoms with Crippen LogP contribution >= 0.6 is 0 Å². The van der Waals surface area contributed by atoms with Crippen molar-refractivity contribution in [3.8, 4) is 0 Å². The van der Waals surface area contributed by atoms with Crippen LogP contribution in [-0.4, -0.2) is 19.3 Å². The van der Waals surface area contributed by atoms with E-state index in [1.165, 1.54) is 0 Å². The van der Waals surface area contributed by atoms with Crippen molar-refractivity contribution in [2.24, 2.45) is 0 Å². The Bertz CT molecular complexity index is 151. The second-order valence-electron chi connectivity index (χ2n) is 2.84. The fourth-order valence-corrected chi connectivity index (χ4v) is 0.945. The molecule has 0 amide bonds. The lowest BCUT2D eigenvalue weighted by atomic mass is 10.1. The first-order valence-corrected chi connectivity index (χ1v) is 3.76. The van der Waals surface area contributed by atoms with Gasteiger partial charge in [-0.25, -0.2) is 0 Å². The highest BCUT2D eigenvalue weighted by Gasteiger charge is 2.27. The number of likely N-dealkylation sites (N-methyl/N-ethyl adjacent to an activating group) is 1. The third-order valence-corrected chi connectivity index (χ3v) is 1.66. The average molecular weight is 181 g/mol. The molecule has 1 unspecified atom stereocenters. The van der Waals surface area contributed by atoms with Crippen molar-refractivity contribution in [1.82, 2.24) is 5.32 Å². The van der Waals surface area contributed by atoms with Crippen LogP contribution in [0.3, 0.4) is 0 Å². The van der Waals surface area contributed by atoms with Gasteiger partial charge in [-0.1, -0.05) is 12.2 Å². The molecule has 0 aliphatic rings. The Morgan fingerprint density at radius 1 is 1.50 bits per heavy atom. The summed E-state index contributed by atoms with van der Waals surface area (Å²) < 4.78 is 35.3. The van der Waals surface area contributed by atoms with Gasteiger partial charge in [0.1, 0.15) is 0 Å². The SMILES string of the molecule is C=C(C)C(CCC(F)(F)F)NC. The quantitative estimate of drug-likeness (QED) is 0.657. The fourth-order valence-electron chi connectivity index (χ4n) is 0.945. The van der Waals surface area contributed by atoms with Crippen molar-refractivity contribution in [2.45, 2.75) is 32.0 Å². The van der Waals surface area contributed by atoms with Crippen LogP contribution in [0.5, 0.6) is 0 Å². The van der Waals surface area contributed by atoms with Crippen LogP contribution in [0, 0.1) is 0 Å². The van der Waals surface area contributed by atoms with Crippen LogP contribution in [0.15, 0.2) is 12.2 Å². The van der Waals surface area contributed by atoms with Crippen molar-refractivity contribution in [3.05, 3.63) is 12.2 Å². The maximum absolute atomic E-state index is 11.8. The summed E-state index contributed by atoms with van der Waals surface area (Å²) in [5.41, 5.74) is 0.738. The average Bonchev–Trinajstić information content (AvgIpc) is 1.85. The molecule has 0 bridgehead atoms. The zero-order valence-electron chi connectivity index (χ0n) is 7.33. The van der Waals surface area contributed by atoms with Gasteiger partial charge in [0.25, 0.3) is 0 Å². The Labute approximate surface area is 70.7 Å². The molecule has 0 aromatic heterocycles. The van der Waals surface area contributed by atoms with E-state index in [2.05, 4.69) is 11.9 Å². The minimum absolute atomic E-state index is 0.0648. The smallest absolute Gasteiger partial charge is 0.313 e. The zero-order chi connectivity index (χ0) is 9.78. The normalized spacial score (nSPS) is 14.4. The van der Waals surface area contributed by atoms with Crippen LogP contribution < -0.4 is 5.32 Å². The molecule has 0 saturated heterocycles. The third kappa shape index (κ3) is 5.18. The number of nitrogens with one attached hydrogen (secondary N) is 1. The summed E-state index contributed by atoms with van der Waals surface area (Å²) in [6.07, 6.45) is -4.76. The van der Waals surface area contributed by atoms with Gasteiger partial charge in [0.15, 0.2) is 0 Å². The lowest BCUT2D eigenvalue weighted by Crippen LogP contribution is -2.27. The molecule has 0 spiro atoms. The van der Waals surface area contributed by atoms with E-state index in [1.54, 1.807) is 14.0 Å². The maximum Gasteiger partial charge on any atom is 0.389 e. The van der Waals surface area contributed by atoms with Crippen LogP contribution in [0.25, 0.3) is 0 Å². The number of hydrogen-bond donors (Lipinski definition) is 1. The van der Waals surface area contributed by atoms with E-state index >= 15 is 0 Å². The van der Waals surface area contributed by atoms with E-state index in [0.29, 0.717) is 0 Å². The number of rotatable bonds is 4. The molecule has 0 heterocycles. The molecule has 4 heteroatoms. The molecule has 1 atom stereocenters. The van der Waals surface area contributed by atoms with Crippen LogP contribution in [0.1, 0.15) is 19.8 Å². The molecule has 1 nitrogen and oxygen atoms in total.